The molecule has 3 heterocycles. The molecule has 0 atom stereocenters. The number of nitrogens with zero attached hydrogens (tertiary/aromatic N) is 3. The molecule has 9 heteroatoms. The van der Waals surface area contributed by atoms with E-state index < -0.39 is 0 Å². The van der Waals surface area contributed by atoms with Crippen molar-refractivity contribution < 1.29 is 19.1 Å². The Balaban J connectivity index is 1.82. The van der Waals surface area contributed by atoms with Crippen molar-refractivity contribution in [2.45, 2.75) is 71.5 Å². The molecule has 9 nitrogen and oxygen atoms in total. The SMILES string of the molecule is CCc1nc2c(cnn2CC)c(NC2CCOCC2)c1CNC(=O)CCCC(=O)OC. The highest BCUT2D eigenvalue weighted by Crippen LogP contribution is 2.31. The lowest BCUT2D eigenvalue weighted by Crippen LogP contribution is -2.30. The van der Waals surface area contributed by atoms with Gasteiger partial charge in [0, 0.05) is 56.4 Å². The predicted molar refractivity (Wildman–Crippen MR) is 118 cm³/mol. The van der Waals surface area contributed by atoms with E-state index in [1.54, 1.807) is 0 Å². The molecule has 0 unspecified atom stereocenters. The van der Waals surface area contributed by atoms with Gasteiger partial charge in [-0.1, -0.05) is 6.92 Å². The number of amides is 1. The summed E-state index contributed by atoms with van der Waals surface area (Å²) < 4.78 is 12.0. The van der Waals surface area contributed by atoms with Crippen LogP contribution in [0, 0.1) is 0 Å². The molecule has 2 aromatic heterocycles. The molecule has 170 valence electrons. The van der Waals surface area contributed by atoms with Gasteiger partial charge in [0.1, 0.15) is 0 Å². The van der Waals surface area contributed by atoms with Crippen molar-refractivity contribution >= 4 is 28.6 Å². The number of hydrogen-bond acceptors (Lipinski definition) is 7. The lowest BCUT2D eigenvalue weighted by molar-refractivity contribution is -0.140. The minimum absolute atomic E-state index is 0.0904. The summed E-state index contributed by atoms with van der Waals surface area (Å²) in [5, 5.41) is 12.2. The molecule has 0 spiro atoms. The largest absolute Gasteiger partial charge is 0.469 e. The van der Waals surface area contributed by atoms with Gasteiger partial charge in [-0.25, -0.2) is 9.67 Å². The van der Waals surface area contributed by atoms with Gasteiger partial charge in [-0.05, 0) is 32.6 Å². The number of carbonyl (C=O) groups excluding carboxylic acids is 2. The molecule has 0 bridgehead atoms. The summed E-state index contributed by atoms with van der Waals surface area (Å²) in [4.78, 5) is 28.5. The lowest BCUT2D eigenvalue weighted by Gasteiger charge is -2.26. The van der Waals surface area contributed by atoms with Gasteiger partial charge >= 0.3 is 5.97 Å². The van der Waals surface area contributed by atoms with E-state index in [1.165, 1.54) is 7.11 Å². The number of pyridine rings is 1. The number of aryl methyl sites for hydroxylation is 2. The summed E-state index contributed by atoms with van der Waals surface area (Å²) in [5.41, 5.74) is 3.82. The molecule has 0 radical (unpaired) electrons. The molecule has 2 N–H and O–H groups in total. The third kappa shape index (κ3) is 5.72. The number of ether oxygens (including phenoxy) is 2. The molecule has 3 rings (SSSR count). The van der Waals surface area contributed by atoms with Crippen LogP contribution in [0.4, 0.5) is 5.69 Å². The van der Waals surface area contributed by atoms with Crippen LogP contribution >= 0.6 is 0 Å². The first-order chi connectivity index (χ1) is 15.1. The van der Waals surface area contributed by atoms with E-state index in [1.807, 2.05) is 17.8 Å². The van der Waals surface area contributed by atoms with Gasteiger partial charge in [0.25, 0.3) is 0 Å². The number of methoxy groups -OCH3 is 1. The zero-order valence-electron chi connectivity index (χ0n) is 18.7. The lowest BCUT2D eigenvalue weighted by atomic mass is 10.0. The number of fused-ring (bicyclic) bond motifs is 1. The van der Waals surface area contributed by atoms with Gasteiger partial charge in [-0.15, -0.1) is 0 Å². The zero-order chi connectivity index (χ0) is 22.2. The van der Waals surface area contributed by atoms with Gasteiger partial charge in [0.2, 0.25) is 5.91 Å². The van der Waals surface area contributed by atoms with Gasteiger partial charge < -0.3 is 20.1 Å². The fourth-order valence-corrected chi connectivity index (χ4v) is 3.87. The van der Waals surface area contributed by atoms with Gasteiger partial charge in [0.15, 0.2) is 5.65 Å². The smallest absolute Gasteiger partial charge is 0.305 e. The standard InChI is InChI=1S/C22H33N5O4/c1-4-18-16(13-23-19(28)7-6-8-20(29)30-3)21(25-15-9-11-31-12-10-15)17-14-24-27(5-2)22(17)26-18/h14-15H,4-13H2,1-3H3,(H,23,28)(H,25,26). The van der Waals surface area contributed by atoms with Crippen LogP contribution in [0.15, 0.2) is 6.20 Å². The van der Waals surface area contributed by atoms with Crippen LogP contribution < -0.4 is 10.6 Å². The number of rotatable bonds is 10. The number of hydrogen-bond donors (Lipinski definition) is 2. The molecule has 1 aliphatic rings. The Morgan fingerprint density at radius 2 is 2.03 bits per heavy atom. The van der Waals surface area contributed by atoms with E-state index in [0.29, 0.717) is 19.0 Å². The van der Waals surface area contributed by atoms with Crippen LogP contribution in [-0.2, 0) is 38.6 Å². The normalized spacial score (nSPS) is 14.5. The van der Waals surface area contributed by atoms with Crippen molar-refractivity contribution in [1.29, 1.82) is 0 Å². The summed E-state index contributed by atoms with van der Waals surface area (Å²) in [5.74, 6) is -0.390. The molecule has 0 aliphatic carbocycles. The minimum Gasteiger partial charge on any atom is -0.469 e. The molecule has 1 aliphatic heterocycles. The first-order valence-electron chi connectivity index (χ1n) is 11.1. The Morgan fingerprint density at radius 3 is 2.71 bits per heavy atom. The van der Waals surface area contributed by atoms with Crippen molar-refractivity contribution in [3.8, 4) is 0 Å². The summed E-state index contributed by atoms with van der Waals surface area (Å²) in [6.45, 7) is 6.73. The maximum atomic E-state index is 12.4. The van der Waals surface area contributed by atoms with Crippen molar-refractivity contribution in [2.75, 3.05) is 25.6 Å². The third-order valence-electron chi connectivity index (χ3n) is 5.65. The Bertz CT molecular complexity index is 905. The molecule has 31 heavy (non-hydrogen) atoms. The predicted octanol–water partition coefficient (Wildman–Crippen LogP) is 2.56. The Labute approximate surface area is 182 Å². The molecule has 0 saturated carbocycles. The molecular formula is C22H33N5O4. The number of aromatic nitrogens is 3. The van der Waals surface area contributed by atoms with Crippen LogP contribution in [-0.4, -0.2) is 53.0 Å². The van der Waals surface area contributed by atoms with E-state index >= 15 is 0 Å². The monoisotopic (exact) mass is 431 g/mol. The van der Waals surface area contributed by atoms with Crippen molar-refractivity contribution in [3.05, 3.63) is 17.5 Å². The average molecular weight is 432 g/mol. The molecule has 0 aromatic carbocycles. The van der Waals surface area contributed by atoms with Gasteiger partial charge in [-0.3, -0.25) is 9.59 Å². The molecule has 1 amide bonds. The van der Waals surface area contributed by atoms with Gasteiger partial charge in [-0.2, -0.15) is 5.10 Å². The average Bonchev–Trinajstić information content (AvgIpc) is 3.21. The second-order valence-electron chi connectivity index (χ2n) is 7.70. The quantitative estimate of drug-likeness (QED) is 0.557. The zero-order valence-corrected chi connectivity index (χ0v) is 18.7. The number of carbonyl (C=O) groups is 2. The fourth-order valence-electron chi connectivity index (χ4n) is 3.87. The number of nitrogens with one attached hydrogen (secondary N) is 2. The topological polar surface area (TPSA) is 107 Å². The molecule has 2 aromatic rings. The first-order valence-corrected chi connectivity index (χ1v) is 11.1. The first kappa shape index (κ1) is 23.0. The van der Waals surface area contributed by atoms with Crippen LogP contribution in [0.1, 0.15) is 57.2 Å². The fraction of sp³-hybridized carbons (Fsp3) is 0.636. The van der Waals surface area contributed by atoms with E-state index in [-0.39, 0.29) is 24.7 Å². The second kappa shape index (κ2) is 11.1. The van der Waals surface area contributed by atoms with Crippen molar-refractivity contribution in [2.24, 2.45) is 0 Å². The summed E-state index contributed by atoms with van der Waals surface area (Å²) >= 11 is 0. The van der Waals surface area contributed by atoms with E-state index in [2.05, 4.69) is 27.4 Å². The Morgan fingerprint density at radius 1 is 1.26 bits per heavy atom. The van der Waals surface area contributed by atoms with E-state index in [9.17, 15) is 9.59 Å². The van der Waals surface area contributed by atoms with Crippen LogP contribution in [0.2, 0.25) is 0 Å². The highest BCUT2D eigenvalue weighted by molar-refractivity contribution is 5.92. The van der Waals surface area contributed by atoms with E-state index in [4.69, 9.17) is 9.72 Å². The number of anilines is 1. The molecule has 1 fully saturated rings. The second-order valence-corrected chi connectivity index (χ2v) is 7.70. The third-order valence-corrected chi connectivity index (χ3v) is 5.65. The highest BCUT2D eigenvalue weighted by atomic mass is 16.5. The van der Waals surface area contributed by atoms with E-state index in [0.717, 1.165) is 67.0 Å². The maximum Gasteiger partial charge on any atom is 0.305 e. The van der Waals surface area contributed by atoms with Crippen molar-refractivity contribution in [1.82, 2.24) is 20.1 Å². The summed E-state index contributed by atoms with van der Waals surface area (Å²) in [6, 6.07) is 0.309. The summed E-state index contributed by atoms with van der Waals surface area (Å²) in [6.07, 6.45) is 5.47. The summed E-state index contributed by atoms with van der Waals surface area (Å²) in [7, 11) is 1.35. The van der Waals surface area contributed by atoms with Crippen molar-refractivity contribution in [3.63, 3.8) is 0 Å². The highest BCUT2D eigenvalue weighted by Gasteiger charge is 2.22. The number of esters is 1. The maximum absolute atomic E-state index is 12.4. The minimum atomic E-state index is -0.299. The Kier molecular flexibility index (Phi) is 8.22. The molecule has 1 saturated heterocycles. The van der Waals surface area contributed by atoms with Crippen LogP contribution in [0.5, 0.6) is 0 Å². The molecular weight excluding hydrogens is 398 g/mol. The van der Waals surface area contributed by atoms with Crippen LogP contribution in [0.3, 0.4) is 0 Å². The van der Waals surface area contributed by atoms with Gasteiger partial charge in [0.05, 0.1) is 24.4 Å². The van der Waals surface area contributed by atoms with Crippen LogP contribution in [0.25, 0.3) is 11.0 Å². The Hall–Kier alpha value is -2.68.